The van der Waals surface area contributed by atoms with Crippen LogP contribution in [0.25, 0.3) is 33.6 Å². The maximum atomic E-state index is 13.0. The fraction of sp³-hybridized carbons (Fsp3) is 0.364. The summed E-state index contributed by atoms with van der Waals surface area (Å²) in [5, 5.41) is 32.9. The summed E-state index contributed by atoms with van der Waals surface area (Å²) in [6.45, 7) is 1.30. The number of pyridine rings is 1. The average Bonchev–Trinajstić information content (AvgIpc) is 3.48. The summed E-state index contributed by atoms with van der Waals surface area (Å²) in [4.78, 5) is 17.5. The number of hydrogen-bond acceptors (Lipinski definition) is 9. The van der Waals surface area contributed by atoms with Gasteiger partial charge in [-0.1, -0.05) is 6.07 Å². The first-order chi connectivity index (χ1) is 20.9. The standard InChI is InChI=1S/C33H33N3O7/c1-40-29-16-20(33(39)36-25-3-2-4-27(37)31(25)38)5-7-24(29)30-17-26-32(43-30)23(9-12-35-26)19-6-8-28(21(15-19)18-34)42-22-10-13-41-14-11-22/h5-9,12,15-17,22,25,27,31,37-38H,2-4,10-11,13-14H2,1H3,(H,36,39)/t25-,27+,31-/m1/s1. The van der Waals surface area contributed by atoms with E-state index in [0.29, 0.717) is 71.1 Å². The predicted molar refractivity (Wildman–Crippen MR) is 158 cm³/mol. The van der Waals surface area contributed by atoms with E-state index in [1.807, 2.05) is 24.3 Å². The molecule has 0 unspecified atom stereocenters. The number of hydrogen-bond donors (Lipinski definition) is 3. The first kappa shape index (κ1) is 28.7. The van der Waals surface area contributed by atoms with Crippen LogP contribution in [0.5, 0.6) is 11.5 Å². The van der Waals surface area contributed by atoms with Gasteiger partial charge in [-0.3, -0.25) is 9.78 Å². The van der Waals surface area contributed by atoms with E-state index in [0.717, 1.165) is 30.4 Å². The first-order valence-corrected chi connectivity index (χ1v) is 14.5. The number of aliphatic hydroxyl groups excluding tert-OH is 2. The van der Waals surface area contributed by atoms with E-state index in [1.54, 1.807) is 30.5 Å². The van der Waals surface area contributed by atoms with E-state index >= 15 is 0 Å². The zero-order valence-corrected chi connectivity index (χ0v) is 23.8. The minimum Gasteiger partial charge on any atom is -0.496 e. The molecular weight excluding hydrogens is 550 g/mol. The Bertz CT molecular complexity index is 1670. The van der Waals surface area contributed by atoms with Gasteiger partial charge in [0.05, 0.1) is 49.7 Å². The zero-order valence-electron chi connectivity index (χ0n) is 23.8. The normalized spacial score (nSPS) is 20.8. The number of carbonyl (C=O) groups excluding carboxylic acids is 1. The van der Waals surface area contributed by atoms with Gasteiger partial charge < -0.3 is 34.2 Å². The molecule has 3 heterocycles. The maximum Gasteiger partial charge on any atom is 0.251 e. The summed E-state index contributed by atoms with van der Waals surface area (Å²) < 4.78 is 23.5. The highest BCUT2D eigenvalue weighted by molar-refractivity contribution is 5.97. The Labute approximate surface area is 248 Å². The van der Waals surface area contributed by atoms with Gasteiger partial charge in [0.25, 0.3) is 5.91 Å². The van der Waals surface area contributed by atoms with Gasteiger partial charge in [-0.15, -0.1) is 0 Å². The molecule has 2 aromatic carbocycles. The average molecular weight is 584 g/mol. The maximum absolute atomic E-state index is 13.0. The third kappa shape index (κ3) is 5.92. The molecule has 4 aromatic rings. The van der Waals surface area contributed by atoms with Crippen molar-refractivity contribution in [3.8, 4) is 40.0 Å². The second kappa shape index (κ2) is 12.4. The van der Waals surface area contributed by atoms with Gasteiger partial charge >= 0.3 is 0 Å². The van der Waals surface area contributed by atoms with Crippen molar-refractivity contribution in [2.45, 2.75) is 56.5 Å². The molecule has 3 atom stereocenters. The van der Waals surface area contributed by atoms with Crippen LogP contribution in [0.4, 0.5) is 0 Å². The Hall–Kier alpha value is -4.43. The largest absolute Gasteiger partial charge is 0.496 e. The number of amides is 1. The van der Waals surface area contributed by atoms with Crippen molar-refractivity contribution in [3.63, 3.8) is 0 Å². The molecule has 222 valence electrons. The van der Waals surface area contributed by atoms with Crippen LogP contribution in [-0.4, -0.2) is 65.8 Å². The lowest BCUT2D eigenvalue weighted by atomic mass is 9.90. The van der Waals surface area contributed by atoms with E-state index in [4.69, 9.17) is 18.6 Å². The van der Waals surface area contributed by atoms with E-state index in [1.165, 1.54) is 7.11 Å². The molecule has 0 bridgehead atoms. The van der Waals surface area contributed by atoms with Crippen molar-refractivity contribution in [2.75, 3.05) is 20.3 Å². The minimum atomic E-state index is -1.00. The molecular formula is C33H33N3O7. The Morgan fingerprint density at radius 1 is 1.02 bits per heavy atom. The number of nitrogens with one attached hydrogen (secondary N) is 1. The van der Waals surface area contributed by atoms with Gasteiger partial charge in [0.1, 0.15) is 34.9 Å². The van der Waals surface area contributed by atoms with Crippen LogP contribution in [0, 0.1) is 11.3 Å². The Kier molecular flexibility index (Phi) is 8.29. The van der Waals surface area contributed by atoms with Crippen LogP contribution >= 0.6 is 0 Å². The molecule has 1 saturated carbocycles. The Balaban J connectivity index is 1.27. The lowest BCUT2D eigenvalue weighted by molar-refractivity contribution is -0.0278. The zero-order chi connectivity index (χ0) is 29.9. The van der Waals surface area contributed by atoms with Crippen LogP contribution in [0.3, 0.4) is 0 Å². The van der Waals surface area contributed by atoms with Gasteiger partial charge in [0, 0.05) is 36.2 Å². The summed E-state index contributed by atoms with van der Waals surface area (Å²) in [5.74, 6) is 1.11. The molecule has 1 aliphatic heterocycles. The van der Waals surface area contributed by atoms with Crippen molar-refractivity contribution in [2.24, 2.45) is 0 Å². The van der Waals surface area contributed by atoms with Gasteiger partial charge in [0.15, 0.2) is 5.58 Å². The van der Waals surface area contributed by atoms with Crippen molar-refractivity contribution in [3.05, 3.63) is 65.9 Å². The fourth-order valence-corrected chi connectivity index (χ4v) is 5.76. The second-order valence-corrected chi connectivity index (χ2v) is 10.9. The van der Waals surface area contributed by atoms with Crippen molar-refractivity contribution in [1.82, 2.24) is 10.3 Å². The van der Waals surface area contributed by atoms with Gasteiger partial charge in [-0.2, -0.15) is 5.26 Å². The van der Waals surface area contributed by atoms with E-state index in [2.05, 4.69) is 16.4 Å². The fourth-order valence-electron chi connectivity index (χ4n) is 5.76. The number of aliphatic hydroxyl groups is 2. The summed E-state index contributed by atoms with van der Waals surface area (Å²) in [7, 11) is 1.52. The lowest BCUT2D eigenvalue weighted by Crippen LogP contribution is -2.51. The number of methoxy groups -OCH3 is 1. The smallest absolute Gasteiger partial charge is 0.251 e. The monoisotopic (exact) mass is 583 g/mol. The molecule has 2 fully saturated rings. The number of nitriles is 1. The number of fused-ring (bicyclic) bond motifs is 1. The third-order valence-electron chi connectivity index (χ3n) is 8.15. The highest BCUT2D eigenvalue weighted by Crippen LogP contribution is 2.38. The topological polar surface area (TPSA) is 147 Å². The number of carbonyl (C=O) groups is 1. The van der Waals surface area contributed by atoms with Crippen LogP contribution in [-0.2, 0) is 4.74 Å². The van der Waals surface area contributed by atoms with Crippen molar-refractivity contribution < 1.29 is 33.6 Å². The molecule has 6 rings (SSSR count). The molecule has 1 saturated heterocycles. The van der Waals surface area contributed by atoms with E-state index in [9.17, 15) is 20.3 Å². The molecule has 2 aliphatic rings. The molecule has 1 aliphatic carbocycles. The second-order valence-electron chi connectivity index (χ2n) is 10.9. The summed E-state index contributed by atoms with van der Waals surface area (Å²) in [6, 6.07) is 15.9. The molecule has 3 N–H and O–H groups in total. The lowest BCUT2D eigenvalue weighted by Gasteiger charge is -2.32. The number of aromatic nitrogens is 1. The van der Waals surface area contributed by atoms with Crippen LogP contribution < -0.4 is 14.8 Å². The molecule has 10 heteroatoms. The van der Waals surface area contributed by atoms with Crippen molar-refractivity contribution >= 4 is 17.0 Å². The van der Waals surface area contributed by atoms with Crippen LogP contribution in [0.15, 0.2) is 59.1 Å². The van der Waals surface area contributed by atoms with Crippen LogP contribution in [0.2, 0.25) is 0 Å². The molecule has 10 nitrogen and oxygen atoms in total. The van der Waals surface area contributed by atoms with Crippen LogP contribution in [0.1, 0.15) is 48.0 Å². The quantitative estimate of drug-likeness (QED) is 0.284. The summed E-state index contributed by atoms with van der Waals surface area (Å²) in [6.07, 6.45) is 3.26. The SMILES string of the molecule is COc1cc(C(=O)N[C@@H]2CCC[C@H](O)[C@@H]2O)ccc1-c1cc2nccc(-c3ccc(OC4CCOCC4)c(C#N)c3)c2o1. The Morgan fingerprint density at radius 3 is 2.65 bits per heavy atom. The summed E-state index contributed by atoms with van der Waals surface area (Å²) >= 11 is 0. The highest BCUT2D eigenvalue weighted by Gasteiger charge is 2.32. The first-order valence-electron chi connectivity index (χ1n) is 14.5. The van der Waals surface area contributed by atoms with E-state index in [-0.39, 0.29) is 12.0 Å². The highest BCUT2D eigenvalue weighted by atomic mass is 16.5. The minimum absolute atomic E-state index is 0.0196. The van der Waals surface area contributed by atoms with Gasteiger partial charge in [-0.25, -0.2) is 0 Å². The number of furan rings is 1. The van der Waals surface area contributed by atoms with Gasteiger partial charge in [0.2, 0.25) is 0 Å². The summed E-state index contributed by atoms with van der Waals surface area (Å²) in [5.41, 5.74) is 4.16. The number of rotatable bonds is 7. The molecule has 0 radical (unpaired) electrons. The predicted octanol–water partition coefficient (Wildman–Crippen LogP) is 4.60. The van der Waals surface area contributed by atoms with Crippen molar-refractivity contribution in [1.29, 1.82) is 5.26 Å². The number of nitrogens with zero attached hydrogens (tertiary/aromatic N) is 2. The number of ether oxygens (including phenoxy) is 3. The molecule has 1 amide bonds. The number of benzene rings is 2. The third-order valence-corrected chi connectivity index (χ3v) is 8.15. The molecule has 0 spiro atoms. The Morgan fingerprint density at radius 2 is 1.86 bits per heavy atom. The molecule has 2 aromatic heterocycles. The van der Waals surface area contributed by atoms with Gasteiger partial charge in [-0.05, 0) is 61.2 Å². The molecule has 43 heavy (non-hydrogen) atoms. The van der Waals surface area contributed by atoms with E-state index < -0.39 is 18.2 Å².